The summed E-state index contributed by atoms with van der Waals surface area (Å²) in [7, 11) is 0. The number of carboxylic acid groups (broad SMARTS) is 1. The molecule has 1 N–H and O–H groups in total. The number of hydrogen-bond donors (Lipinski definition) is 1. The lowest BCUT2D eigenvalue weighted by molar-refractivity contribution is -0.250. The normalized spacial score (nSPS) is 7.92. The van der Waals surface area contributed by atoms with Crippen molar-refractivity contribution in [3.05, 3.63) is 0 Å². The second-order valence-corrected chi connectivity index (χ2v) is 2.23. The molecular formula is C8H14INO2. The van der Waals surface area contributed by atoms with Crippen LogP contribution in [0.4, 0.5) is 4.79 Å². The molecule has 0 rings (SSSR count). The smallest absolute Gasteiger partial charge is 0.235 e. The van der Waals surface area contributed by atoms with E-state index in [4.69, 9.17) is 6.42 Å². The zero-order chi connectivity index (χ0) is 8.53. The van der Waals surface area contributed by atoms with Gasteiger partial charge in [-0.1, -0.05) is 6.42 Å². The lowest BCUT2D eigenvalue weighted by Gasteiger charge is -2.04. The van der Waals surface area contributed by atoms with Crippen molar-refractivity contribution in [1.29, 1.82) is 0 Å². The highest BCUT2D eigenvalue weighted by Crippen LogP contribution is 1.96. The lowest BCUT2D eigenvalue weighted by Crippen LogP contribution is -3.00. The molecule has 0 radical (unpaired) electrons. The fourth-order valence-corrected chi connectivity index (χ4v) is 0.719. The Morgan fingerprint density at radius 3 is 2.58 bits per heavy atom. The van der Waals surface area contributed by atoms with Gasteiger partial charge in [-0.15, -0.1) is 12.3 Å². The number of carbonyl (C=O) groups is 1. The predicted molar refractivity (Wildman–Crippen MR) is 43.5 cm³/mol. The number of nitrogens with one attached hydrogen (secondary N) is 1. The molecule has 4 heteroatoms. The third kappa shape index (κ3) is 12.3. The van der Waals surface area contributed by atoms with Gasteiger partial charge in [-0.2, -0.15) is 0 Å². The van der Waals surface area contributed by atoms with E-state index in [0.29, 0.717) is 6.54 Å². The van der Waals surface area contributed by atoms with E-state index in [2.05, 4.69) is 11.2 Å². The molecule has 0 aliphatic rings. The highest BCUT2D eigenvalue weighted by Gasteiger charge is 1.87. The van der Waals surface area contributed by atoms with E-state index in [9.17, 15) is 9.90 Å². The monoisotopic (exact) mass is 283 g/mol. The van der Waals surface area contributed by atoms with Gasteiger partial charge in [0.25, 0.3) is 0 Å². The van der Waals surface area contributed by atoms with E-state index in [1.165, 1.54) is 0 Å². The van der Waals surface area contributed by atoms with Gasteiger partial charge in [0.1, 0.15) is 6.09 Å². The predicted octanol–water partition coefficient (Wildman–Crippen LogP) is -3.42. The van der Waals surface area contributed by atoms with Crippen molar-refractivity contribution in [2.75, 3.05) is 6.54 Å². The van der Waals surface area contributed by atoms with E-state index in [0.717, 1.165) is 25.7 Å². The molecular weight excluding hydrogens is 269 g/mol. The second kappa shape index (κ2) is 10.6. The molecule has 0 atom stereocenters. The Bertz CT molecular complexity index is 154. The van der Waals surface area contributed by atoms with Gasteiger partial charge in [0.05, 0.1) is 0 Å². The second-order valence-electron chi connectivity index (χ2n) is 2.23. The van der Waals surface area contributed by atoms with Crippen LogP contribution in [0.15, 0.2) is 0 Å². The SMILES string of the molecule is C#CCCCCCNC(=O)[O-].[IH2+]. The molecule has 0 bridgehead atoms. The van der Waals surface area contributed by atoms with Gasteiger partial charge in [0, 0.05) is 13.0 Å². The van der Waals surface area contributed by atoms with E-state index >= 15 is 0 Å². The molecule has 0 spiro atoms. The van der Waals surface area contributed by atoms with Crippen molar-refractivity contribution in [1.82, 2.24) is 5.32 Å². The number of carbonyl (C=O) groups excluding carboxylic acids is 1. The Kier molecular flexibility index (Phi) is 12.4. The van der Waals surface area contributed by atoms with Crippen molar-refractivity contribution in [2.24, 2.45) is 0 Å². The van der Waals surface area contributed by atoms with Crippen LogP contribution in [0.1, 0.15) is 25.7 Å². The van der Waals surface area contributed by atoms with Gasteiger partial charge in [-0.3, -0.25) is 0 Å². The summed E-state index contributed by atoms with van der Waals surface area (Å²) in [6.45, 7) is 0.465. The van der Waals surface area contributed by atoms with E-state index in [1.807, 2.05) is 0 Å². The first-order valence-corrected chi connectivity index (χ1v) is 3.65. The van der Waals surface area contributed by atoms with Crippen LogP contribution in [0.5, 0.6) is 0 Å². The molecule has 0 aromatic rings. The average molecular weight is 283 g/mol. The van der Waals surface area contributed by atoms with E-state index < -0.39 is 6.09 Å². The van der Waals surface area contributed by atoms with Crippen LogP contribution in [0.3, 0.4) is 0 Å². The van der Waals surface area contributed by atoms with Crippen molar-refractivity contribution in [3.63, 3.8) is 0 Å². The Hall–Kier alpha value is -0.440. The number of rotatable bonds is 5. The fraction of sp³-hybridized carbons (Fsp3) is 0.625. The zero-order valence-corrected chi connectivity index (χ0v) is 9.43. The molecule has 12 heavy (non-hydrogen) atoms. The molecule has 0 aliphatic heterocycles. The molecule has 3 nitrogen and oxygen atoms in total. The standard InChI is InChI=1S/C8H13NO2.H2I/c1-2-3-4-5-6-7-9-8(10)11;/h1,9H,3-7H2,(H,10,11);1H2/q;+1/p-1. The molecule has 0 heterocycles. The quantitative estimate of drug-likeness (QED) is 0.325. The maximum Gasteiger partial charge on any atom is 0.235 e. The molecule has 0 fully saturated rings. The van der Waals surface area contributed by atoms with E-state index in [-0.39, 0.29) is 24.0 Å². The minimum atomic E-state index is -1.21. The van der Waals surface area contributed by atoms with Crippen molar-refractivity contribution in [3.8, 4) is 12.3 Å². The van der Waals surface area contributed by atoms with Crippen LogP contribution < -0.4 is 34.4 Å². The molecule has 1 amide bonds. The molecule has 70 valence electrons. The first-order chi connectivity index (χ1) is 5.27. The van der Waals surface area contributed by atoms with Crippen LogP contribution >= 0.6 is 0 Å². The first-order valence-electron chi connectivity index (χ1n) is 3.65. The van der Waals surface area contributed by atoms with Gasteiger partial charge >= 0.3 is 0 Å². The molecule has 0 aromatic heterocycles. The summed E-state index contributed by atoms with van der Waals surface area (Å²) in [6, 6.07) is 0. The minimum Gasteiger partial charge on any atom is -0.530 e. The molecule has 0 saturated heterocycles. The summed E-state index contributed by atoms with van der Waals surface area (Å²) < 4.78 is 0. The van der Waals surface area contributed by atoms with Crippen molar-refractivity contribution in [2.45, 2.75) is 25.7 Å². The van der Waals surface area contributed by atoms with Crippen molar-refractivity contribution < 1.29 is 33.9 Å². The van der Waals surface area contributed by atoms with Gasteiger partial charge in [-0.05, 0) is 12.8 Å². The van der Waals surface area contributed by atoms with E-state index in [1.54, 1.807) is 0 Å². The number of amides is 1. The summed E-state index contributed by atoms with van der Waals surface area (Å²) >= 11 is 0. The largest absolute Gasteiger partial charge is 0.530 e. The number of hydrogen-bond acceptors (Lipinski definition) is 2. The van der Waals surface area contributed by atoms with Gasteiger partial charge < -0.3 is 15.2 Å². The number of halogens is 1. The van der Waals surface area contributed by atoms with Crippen LogP contribution in [0.2, 0.25) is 0 Å². The van der Waals surface area contributed by atoms with Gasteiger partial charge in [0.15, 0.2) is 0 Å². The summed E-state index contributed by atoms with van der Waals surface area (Å²) in [4.78, 5) is 9.83. The molecule has 0 aromatic carbocycles. The van der Waals surface area contributed by atoms with Crippen LogP contribution in [-0.2, 0) is 0 Å². The average Bonchev–Trinajstić information content (AvgIpc) is 1.96. The lowest BCUT2D eigenvalue weighted by atomic mass is 10.2. The minimum absolute atomic E-state index is 0. The molecule has 0 aliphatic carbocycles. The maximum absolute atomic E-state index is 9.83. The Labute approximate surface area is 89.9 Å². The van der Waals surface area contributed by atoms with Crippen LogP contribution in [-0.4, -0.2) is 12.6 Å². The third-order valence-corrected chi connectivity index (χ3v) is 1.27. The highest BCUT2D eigenvalue weighted by atomic mass is 127. The van der Waals surface area contributed by atoms with Crippen LogP contribution in [0, 0.1) is 12.3 Å². The Balaban J connectivity index is 0. The fourth-order valence-electron chi connectivity index (χ4n) is 0.719. The topological polar surface area (TPSA) is 52.2 Å². The van der Waals surface area contributed by atoms with Crippen molar-refractivity contribution >= 4 is 6.09 Å². The molecule has 0 unspecified atom stereocenters. The highest BCUT2D eigenvalue weighted by molar-refractivity contribution is 5.61. The Morgan fingerprint density at radius 1 is 1.42 bits per heavy atom. The number of unbranched alkanes of at least 4 members (excludes halogenated alkanes) is 3. The third-order valence-electron chi connectivity index (χ3n) is 1.27. The maximum atomic E-state index is 9.83. The summed E-state index contributed by atoms with van der Waals surface area (Å²) in [5, 5.41) is 12.0. The van der Waals surface area contributed by atoms with Crippen LogP contribution in [0.25, 0.3) is 0 Å². The number of terminal acetylenes is 1. The van der Waals surface area contributed by atoms with Gasteiger partial charge in [0.2, 0.25) is 24.0 Å². The summed E-state index contributed by atoms with van der Waals surface area (Å²) in [6.07, 6.45) is 7.34. The first kappa shape index (κ1) is 14.1. The summed E-state index contributed by atoms with van der Waals surface area (Å²) in [5.74, 6) is 2.52. The summed E-state index contributed by atoms with van der Waals surface area (Å²) in [5.41, 5.74) is 0. The molecule has 0 saturated carbocycles. The zero-order valence-electron chi connectivity index (χ0n) is 6.88. The van der Waals surface area contributed by atoms with Gasteiger partial charge in [-0.25, -0.2) is 0 Å². The Morgan fingerprint density at radius 2 is 2.08 bits per heavy atom.